The number of nitrogens with two attached hydrogens (primary N) is 1. The van der Waals surface area contributed by atoms with E-state index in [1.165, 1.54) is 25.7 Å². The smallest absolute Gasteiger partial charge is 0.135 e. The highest BCUT2D eigenvalue weighted by atomic mass is 35.5. The third-order valence-corrected chi connectivity index (χ3v) is 3.62. The molecule has 1 aromatic heterocycles. The van der Waals surface area contributed by atoms with Crippen molar-refractivity contribution in [1.29, 1.82) is 0 Å². The maximum Gasteiger partial charge on any atom is 0.135 e. The van der Waals surface area contributed by atoms with Crippen molar-refractivity contribution in [3.63, 3.8) is 0 Å². The first kappa shape index (κ1) is 14.0. The van der Waals surface area contributed by atoms with Crippen molar-refractivity contribution >= 4 is 35.6 Å². The number of pyridine rings is 1. The van der Waals surface area contributed by atoms with E-state index in [1.807, 2.05) is 6.07 Å². The molecule has 90 valence electrons. The summed E-state index contributed by atoms with van der Waals surface area (Å²) in [7, 11) is 0. The molecule has 1 fully saturated rings. The van der Waals surface area contributed by atoms with E-state index in [2.05, 4.69) is 4.98 Å². The number of rotatable bonds is 2. The maximum absolute atomic E-state index is 6.18. The molecule has 0 amide bonds. The second-order valence-corrected chi connectivity index (χ2v) is 4.83. The molecule has 0 unspecified atom stereocenters. The predicted octanol–water partition coefficient (Wildman–Crippen LogP) is 4.00. The molecule has 16 heavy (non-hydrogen) atoms. The Labute approximate surface area is 112 Å². The summed E-state index contributed by atoms with van der Waals surface area (Å²) in [5, 5.41) is 0.865. The monoisotopic (exact) mass is 280 g/mol. The second kappa shape index (κ2) is 6.06. The van der Waals surface area contributed by atoms with E-state index < -0.39 is 0 Å². The van der Waals surface area contributed by atoms with Crippen LogP contribution in [0.15, 0.2) is 12.1 Å². The lowest BCUT2D eigenvalue weighted by Gasteiger charge is -2.19. The summed E-state index contributed by atoms with van der Waals surface area (Å²) in [6, 6.07) is 3.64. The molecule has 0 radical (unpaired) electrons. The first-order chi connectivity index (χ1) is 7.18. The molecule has 0 saturated heterocycles. The fourth-order valence-electron chi connectivity index (χ4n) is 2.24. The highest BCUT2D eigenvalue weighted by Crippen LogP contribution is 2.36. The van der Waals surface area contributed by atoms with Crippen LogP contribution in [0.5, 0.6) is 0 Å². The highest BCUT2D eigenvalue weighted by molar-refractivity contribution is 6.32. The average molecular weight is 282 g/mol. The topological polar surface area (TPSA) is 38.9 Å². The average Bonchev–Trinajstić information content (AvgIpc) is 2.69. The molecule has 2 N–H and O–H groups in total. The Balaban J connectivity index is 0.00000128. The van der Waals surface area contributed by atoms with Crippen LogP contribution in [0.2, 0.25) is 10.3 Å². The Morgan fingerprint density at radius 3 is 2.44 bits per heavy atom. The number of hydrogen-bond donors (Lipinski definition) is 1. The van der Waals surface area contributed by atoms with E-state index in [-0.39, 0.29) is 18.4 Å². The Kier molecular flexibility index (Phi) is 5.32. The van der Waals surface area contributed by atoms with Crippen molar-refractivity contribution in [2.75, 3.05) is 0 Å². The predicted molar refractivity (Wildman–Crippen MR) is 70.4 cm³/mol. The molecule has 1 heterocycles. The number of hydrogen-bond acceptors (Lipinski definition) is 2. The largest absolute Gasteiger partial charge is 0.324 e. The van der Waals surface area contributed by atoms with Gasteiger partial charge in [-0.25, -0.2) is 4.98 Å². The van der Waals surface area contributed by atoms with Crippen molar-refractivity contribution in [3.05, 3.63) is 28.0 Å². The van der Waals surface area contributed by atoms with Gasteiger partial charge in [0.05, 0.1) is 0 Å². The Morgan fingerprint density at radius 2 is 1.88 bits per heavy atom. The van der Waals surface area contributed by atoms with Gasteiger partial charge in [0.15, 0.2) is 0 Å². The third-order valence-electron chi connectivity index (χ3n) is 3.11. The van der Waals surface area contributed by atoms with Gasteiger partial charge < -0.3 is 5.73 Å². The van der Waals surface area contributed by atoms with Gasteiger partial charge in [-0.05, 0) is 24.8 Å². The van der Waals surface area contributed by atoms with Crippen LogP contribution in [-0.4, -0.2) is 4.98 Å². The first-order valence-corrected chi connectivity index (χ1v) is 6.01. The van der Waals surface area contributed by atoms with Gasteiger partial charge in [-0.15, -0.1) is 12.4 Å². The van der Waals surface area contributed by atoms with Crippen molar-refractivity contribution in [3.8, 4) is 0 Å². The van der Waals surface area contributed by atoms with Gasteiger partial charge in [0.25, 0.3) is 0 Å². The van der Waals surface area contributed by atoms with Gasteiger partial charge in [0, 0.05) is 11.6 Å². The van der Waals surface area contributed by atoms with Crippen molar-refractivity contribution in [2.24, 2.45) is 11.7 Å². The maximum atomic E-state index is 6.18. The summed E-state index contributed by atoms with van der Waals surface area (Å²) in [6.07, 6.45) is 4.94. The Morgan fingerprint density at radius 1 is 1.25 bits per heavy atom. The molecule has 0 aliphatic heterocycles. The summed E-state index contributed by atoms with van der Waals surface area (Å²) < 4.78 is 0. The normalized spacial score (nSPS) is 18.2. The second-order valence-electron chi connectivity index (χ2n) is 4.08. The van der Waals surface area contributed by atoms with Crippen LogP contribution < -0.4 is 5.73 Å². The molecular weight excluding hydrogens is 266 g/mol. The minimum Gasteiger partial charge on any atom is -0.324 e. The van der Waals surface area contributed by atoms with E-state index in [0.29, 0.717) is 16.2 Å². The number of nitrogens with zero attached hydrogens (tertiary/aromatic N) is 1. The quantitative estimate of drug-likeness (QED) is 0.832. The zero-order valence-corrected chi connectivity index (χ0v) is 11.2. The van der Waals surface area contributed by atoms with Gasteiger partial charge in [-0.2, -0.15) is 0 Å². The standard InChI is InChI=1S/C11H14Cl2N2.ClH/c12-9-6-5-8(11(13)15-9)10(14)7-3-1-2-4-7;/h5-7,10H,1-4,14H2;1H/t10-;/m0./s1. The lowest BCUT2D eigenvalue weighted by Crippen LogP contribution is -2.19. The van der Waals surface area contributed by atoms with Crippen molar-refractivity contribution < 1.29 is 0 Å². The molecule has 5 heteroatoms. The number of aromatic nitrogens is 1. The third kappa shape index (κ3) is 3.01. The number of halogens is 3. The van der Waals surface area contributed by atoms with Crippen LogP contribution in [0.1, 0.15) is 37.3 Å². The van der Waals surface area contributed by atoms with Crippen LogP contribution in [0.3, 0.4) is 0 Å². The molecule has 1 aliphatic carbocycles. The Hall–Kier alpha value is -0.0200. The van der Waals surface area contributed by atoms with Gasteiger partial charge >= 0.3 is 0 Å². The van der Waals surface area contributed by atoms with Gasteiger partial charge in [0.2, 0.25) is 0 Å². The van der Waals surface area contributed by atoms with Crippen LogP contribution in [0.4, 0.5) is 0 Å². The summed E-state index contributed by atoms with van der Waals surface area (Å²) in [5.41, 5.74) is 7.11. The van der Waals surface area contributed by atoms with E-state index in [9.17, 15) is 0 Å². The zero-order chi connectivity index (χ0) is 10.8. The van der Waals surface area contributed by atoms with Crippen molar-refractivity contribution in [1.82, 2.24) is 4.98 Å². The van der Waals surface area contributed by atoms with E-state index >= 15 is 0 Å². The molecule has 2 rings (SSSR count). The Bertz CT molecular complexity index is 351. The molecule has 1 saturated carbocycles. The molecule has 2 nitrogen and oxygen atoms in total. The molecule has 1 aliphatic rings. The summed E-state index contributed by atoms with van der Waals surface area (Å²) >= 11 is 11.8. The summed E-state index contributed by atoms with van der Waals surface area (Å²) in [6.45, 7) is 0. The molecular formula is C11H15Cl3N2. The SMILES string of the molecule is Cl.N[C@H](c1ccc(Cl)nc1Cl)C1CCCC1. The van der Waals surface area contributed by atoms with Crippen LogP contribution in [0.25, 0.3) is 0 Å². The van der Waals surface area contributed by atoms with Crippen LogP contribution >= 0.6 is 35.6 Å². The van der Waals surface area contributed by atoms with Crippen molar-refractivity contribution in [2.45, 2.75) is 31.7 Å². The first-order valence-electron chi connectivity index (χ1n) is 5.26. The lowest BCUT2D eigenvalue weighted by molar-refractivity contribution is 0.444. The van der Waals surface area contributed by atoms with Crippen LogP contribution in [-0.2, 0) is 0 Å². The minimum absolute atomic E-state index is 0. The molecule has 0 bridgehead atoms. The molecule has 0 spiro atoms. The van der Waals surface area contributed by atoms with Crippen LogP contribution in [0, 0.1) is 5.92 Å². The molecule has 0 aromatic carbocycles. The van der Waals surface area contributed by atoms with Gasteiger partial charge in [-0.1, -0.05) is 42.1 Å². The highest BCUT2D eigenvalue weighted by Gasteiger charge is 2.25. The van der Waals surface area contributed by atoms with E-state index in [0.717, 1.165) is 5.56 Å². The fraction of sp³-hybridized carbons (Fsp3) is 0.545. The summed E-state index contributed by atoms with van der Waals surface area (Å²) in [4.78, 5) is 4.02. The lowest BCUT2D eigenvalue weighted by atomic mass is 9.93. The van der Waals surface area contributed by atoms with Gasteiger partial charge in [-0.3, -0.25) is 0 Å². The summed E-state index contributed by atoms with van der Waals surface area (Å²) in [5.74, 6) is 0.547. The van der Waals surface area contributed by atoms with E-state index in [1.54, 1.807) is 6.07 Å². The van der Waals surface area contributed by atoms with E-state index in [4.69, 9.17) is 28.9 Å². The zero-order valence-electron chi connectivity index (χ0n) is 8.83. The molecule has 1 atom stereocenters. The minimum atomic E-state index is 0. The fourth-order valence-corrected chi connectivity index (χ4v) is 2.71. The molecule has 1 aromatic rings. The van der Waals surface area contributed by atoms with Gasteiger partial charge in [0.1, 0.15) is 10.3 Å².